The zero-order valence-electron chi connectivity index (χ0n) is 12.1. The number of nitrogens with zero attached hydrogens (tertiary/aromatic N) is 1. The Kier molecular flexibility index (Phi) is 10.2. The molecular weight excluding hydrogens is 303 g/mol. The molecule has 6 nitrogen and oxygen atoms in total. The molecule has 120 valence electrons. The summed E-state index contributed by atoms with van der Waals surface area (Å²) in [6.45, 7) is 0.575. The lowest BCUT2D eigenvalue weighted by Gasteiger charge is -2.36. The lowest BCUT2D eigenvalue weighted by Crippen LogP contribution is -2.53. The zero-order valence-corrected chi connectivity index (χ0v) is 13.7. The van der Waals surface area contributed by atoms with Gasteiger partial charge in [-0.05, 0) is 26.9 Å². The van der Waals surface area contributed by atoms with Gasteiger partial charge < -0.3 is 21.7 Å². The number of nitrogens with one attached hydrogen (secondary N) is 1. The minimum Gasteiger partial charge on any atom is -0.370 e. The molecule has 0 aromatic rings. The van der Waals surface area contributed by atoms with Gasteiger partial charge in [0.25, 0.3) is 0 Å². The number of halogens is 2. The van der Waals surface area contributed by atoms with Crippen LogP contribution in [-0.4, -0.2) is 48.9 Å². The summed E-state index contributed by atoms with van der Waals surface area (Å²) in [5.74, 6) is -0.859. The largest absolute Gasteiger partial charge is 0.370 e. The predicted octanol–water partition coefficient (Wildman–Crippen LogP) is 0.0233. The molecule has 1 aliphatic rings. The van der Waals surface area contributed by atoms with Gasteiger partial charge in [0.05, 0.1) is 12.5 Å². The third-order valence-electron chi connectivity index (χ3n) is 3.83. The Balaban J connectivity index is 0. The second-order valence-electron chi connectivity index (χ2n) is 5.32. The van der Waals surface area contributed by atoms with Gasteiger partial charge in [-0.2, -0.15) is 0 Å². The van der Waals surface area contributed by atoms with Crippen LogP contribution in [0.25, 0.3) is 0 Å². The molecule has 1 rings (SSSR count). The fourth-order valence-corrected chi connectivity index (χ4v) is 2.51. The third-order valence-corrected chi connectivity index (χ3v) is 3.83. The van der Waals surface area contributed by atoms with Crippen LogP contribution in [0.5, 0.6) is 0 Å². The van der Waals surface area contributed by atoms with E-state index in [-0.39, 0.29) is 42.7 Å². The highest BCUT2D eigenvalue weighted by Crippen LogP contribution is 2.33. The van der Waals surface area contributed by atoms with E-state index in [0.29, 0.717) is 6.54 Å². The Hall–Kier alpha value is -0.560. The molecule has 20 heavy (non-hydrogen) atoms. The van der Waals surface area contributed by atoms with E-state index in [9.17, 15) is 9.59 Å². The monoisotopic (exact) mass is 328 g/mol. The molecule has 1 unspecified atom stereocenters. The van der Waals surface area contributed by atoms with Gasteiger partial charge in [-0.3, -0.25) is 9.59 Å². The van der Waals surface area contributed by atoms with Gasteiger partial charge in [0.15, 0.2) is 0 Å². The van der Waals surface area contributed by atoms with Crippen molar-refractivity contribution >= 4 is 36.6 Å². The van der Waals surface area contributed by atoms with Crippen molar-refractivity contribution in [3.8, 4) is 0 Å². The summed E-state index contributed by atoms with van der Waals surface area (Å²) in [5.41, 5.74) is 10.6. The van der Waals surface area contributed by atoms with Crippen LogP contribution < -0.4 is 16.8 Å². The molecule has 0 spiro atoms. The van der Waals surface area contributed by atoms with E-state index in [0.717, 1.165) is 12.8 Å². The van der Waals surface area contributed by atoms with Crippen molar-refractivity contribution in [2.45, 2.75) is 43.7 Å². The summed E-state index contributed by atoms with van der Waals surface area (Å²) < 4.78 is 0. The summed E-state index contributed by atoms with van der Waals surface area (Å²) in [4.78, 5) is 24.6. The Labute approximate surface area is 132 Å². The van der Waals surface area contributed by atoms with Crippen LogP contribution >= 0.6 is 24.8 Å². The van der Waals surface area contributed by atoms with Crippen molar-refractivity contribution in [3.05, 3.63) is 0 Å². The number of carbonyl (C=O) groups excluding carboxylic acids is 2. The van der Waals surface area contributed by atoms with Crippen LogP contribution in [0.3, 0.4) is 0 Å². The summed E-state index contributed by atoms with van der Waals surface area (Å²) in [6.07, 6.45) is 4.40. The molecule has 0 saturated heterocycles. The van der Waals surface area contributed by atoms with Crippen LogP contribution in [0, 0.1) is 0 Å². The molecule has 0 bridgehead atoms. The normalized spacial score (nSPS) is 17.8. The number of hydrogen-bond donors (Lipinski definition) is 3. The third kappa shape index (κ3) is 5.83. The Bertz CT molecular complexity index is 321. The molecule has 0 heterocycles. The van der Waals surface area contributed by atoms with Crippen LogP contribution in [0.15, 0.2) is 0 Å². The van der Waals surface area contributed by atoms with E-state index < -0.39 is 11.9 Å². The van der Waals surface area contributed by atoms with Crippen LogP contribution in [0.4, 0.5) is 0 Å². The highest BCUT2D eigenvalue weighted by Gasteiger charge is 2.36. The van der Waals surface area contributed by atoms with E-state index in [4.69, 9.17) is 11.5 Å². The second-order valence-corrected chi connectivity index (χ2v) is 5.32. The number of amides is 2. The van der Waals surface area contributed by atoms with Gasteiger partial charge in [0.1, 0.15) is 0 Å². The smallest absolute Gasteiger partial charge is 0.237 e. The van der Waals surface area contributed by atoms with E-state index in [1.807, 2.05) is 14.1 Å². The highest BCUT2D eigenvalue weighted by molar-refractivity contribution is 5.87. The van der Waals surface area contributed by atoms with Gasteiger partial charge in [-0.1, -0.05) is 12.8 Å². The molecule has 0 aromatic heterocycles. The van der Waals surface area contributed by atoms with Crippen molar-refractivity contribution in [2.24, 2.45) is 11.5 Å². The highest BCUT2D eigenvalue weighted by atomic mass is 35.5. The number of rotatable bonds is 6. The quantitative estimate of drug-likeness (QED) is 0.639. The summed E-state index contributed by atoms with van der Waals surface area (Å²) in [7, 11) is 4.06. The molecule has 5 N–H and O–H groups in total. The van der Waals surface area contributed by atoms with Crippen LogP contribution in [0.1, 0.15) is 32.1 Å². The average molecular weight is 329 g/mol. The van der Waals surface area contributed by atoms with Crippen molar-refractivity contribution in [2.75, 3.05) is 20.6 Å². The van der Waals surface area contributed by atoms with Gasteiger partial charge in [0, 0.05) is 12.1 Å². The Morgan fingerprint density at radius 1 is 1.25 bits per heavy atom. The first-order valence-corrected chi connectivity index (χ1v) is 6.36. The summed E-state index contributed by atoms with van der Waals surface area (Å²) >= 11 is 0. The maximum atomic E-state index is 11.7. The molecule has 0 aromatic carbocycles. The molecule has 2 amide bonds. The molecule has 0 aliphatic heterocycles. The van der Waals surface area contributed by atoms with Crippen LogP contribution in [0.2, 0.25) is 0 Å². The Morgan fingerprint density at radius 3 is 2.15 bits per heavy atom. The first kappa shape index (κ1) is 21.7. The number of hydrogen-bond acceptors (Lipinski definition) is 4. The molecule has 1 saturated carbocycles. The first-order valence-electron chi connectivity index (χ1n) is 6.36. The summed E-state index contributed by atoms with van der Waals surface area (Å²) in [6, 6.07) is -0.844. The zero-order chi connectivity index (χ0) is 13.8. The van der Waals surface area contributed by atoms with E-state index in [1.54, 1.807) is 0 Å². The second kappa shape index (κ2) is 9.39. The van der Waals surface area contributed by atoms with Gasteiger partial charge >= 0.3 is 0 Å². The fraction of sp³-hybridized carbons (Fsp3) is 0.833. The number of primary amides is 1. The van der Waals surface area contributed by atoms with Gasteiger partial charge in [-0.25, -0.2) is 0 Å². The van der Waals surface area contributed by atoms with E-state index >= 15 is 0 Å². The van der Waals surface area contributed by atoms with E-state index in [1.165, 1.54) is 12.8 Å². The number of nitrogens with two attached hydrogens (primary N) is 2. The van der Waals surface area contributed by atoms with E-state index in [2.05, 4.69) is 10.2 Å². The van der Waals surface area contributed by atoms with Crippen LogP contribution in [-0.2, 0) is 9.59 Å². The van der Waals surface area contributed by atoms with Gasteiger partial charge in [0.2, 0.25) is 11.8 Å². The average Bonchev–Trinajstić information content (AvgIpc) is 2.74. The van der Waals surface area contributed by atoms with Crippen molar-refractivity contribution < 1.29 is 9.59 Å². The number of likely N-dealkylation sites (N-methyl/N-ethyl adjacent to an activating group) is 1. The molecular formula is C12H26Cl2N4O2. The van der Waals surface area contributed by atoms with Crippen molar-refractivity contribution in [1.29, 1.82) is 0 Å². The number of carbonyl (C=O) groups is 2. The lowest BCUT2D eigenvalue weighted by atomic mass is 9.96. The topological polar surface area (TPSA) is 101 Å². The minimum absolute atomic E-state index is 0. The Morgan fingerprint density at radius 2 is 1.75 bits per heavy atom. The van der Waals surface area contributed by atoms with Gasteiger partial charge in [-0.15, -0.1) is 24.8 Å². The lowest BCUT2D eigenvalue weighted by molar-refractivity contribution is -0.126. The first-order chi connectivity index (χ1) is 8.37. The van der Waals surface area contributed by atoms with Crippen molar-refractivity contribution in [3.63, 3.8) is 0 Å². The molecule has 1 aliphatic carbocycles. The SMILES string of the molecule is CN(C)C1(CNC(=O)C(N)CC(N)=O)CCCC1.Cl.Cl. The maximum Gasteiger partial charge on any atom is 0.237 e. The summed E-state index contributed by atoms with van der Waals surface area (Å²) in [5, 5.41) is 2.84. The molecule has 8 heteroatoms. The minimum atomic E-state index is -0.844. The maximum absolute atomic E-state index is 11.7. The predicted molar refractivity (Wildman–Crippen MR) is 84.2 cm³/mol. The molecule has 1 fully saturated rings. The molecule has 0 radical (unpaired) electrons. The fourth-order valence-electron chi connectivity index (χ4n) is 2.51. The standard InChI is InChI=1S/C12H24N4O2.2ClH/c1-16(2)12(5-3-4-6-12)8-15-11(18)9(13)7-10(14)17;;/h9H,3-8,13H2,1-2H3,(H2,14,17)(H,15,18);2*1H. The molecule has 1 atom stereocenters. The van der Waals surface area contributed by atoms with Crippen molar-refractivity contribution in [1.82, 2.24) is 10.2 Å².